The van der Waals surface area contributed by atoms with Gasteiger partial charge in [0.2, 0.25) is 0 Å². The number of ether oxygens (including phenoxy) is 1. The van der Waals surface area contributed by atoms with E-state index in [-0.39, 0.29) is 29.6 Å². The van der Waals surface area contributed by atoms with Crippen LogP contribution in [0.1, 0.15) is 12.5 Å². The van der Waals surface area contributed by atoms with Gasteiger partial charge in [-0.15, -0.1) is 0 Å². The molecule has 0 fully saturated rings. The van der Waals surface area contributed by atoms with Crippen LogP contribution in [0.4, 0.5) is 13.2 Å². The van der Waals surface area contributed by atoms with E-state index >= 15 is 0 Å². The summed E-state index contributed by atoms with van der Waals surface area (Å²) in [6, 6.07) is 13.6. The summed E-state index contributed by atoms with van der Waals surface area (Å²) in [6.07, 6.45) is -5.07. The summed E-state index contributed by atoms with van der Waals surface area (Å²) in [7, 11) is 0. The van der Waals surface area contributed by atoms with Crippen LogP contribution < -0.4 is 34.7 Å². The molecular weight excluding hydrogens is 368 g/mol. The summed E-state index contributed by atoms with van der Waals surface area (Å²) in [5.74, 6) is -2.33. The third kappa shape index (κ3) is 5.21. The monoisotopic (exact) mass is 380 g/mol. The van der Waals surface area contributed by atoms with Gasteiger partial charge in [-0.25, -0.2) is 0 Å². The molecular formula is C17H13ClF3NaO3. The normalized spacial score (nSPS) is 13.6. The van der Waals surface area contributed by atoms with Gasteiger partial charge in [0.25, 0.3) is 0 Å². The number of carboxylic acids is 1. The molecule has 0 spiro atoms. The fourth-order valence-corrected chi connectivity index (χ4v) is 2.05. The molecule has 0 amide bonds. The van der Waals surface area contributed by atoms with Gasteiger partial charge in [0.1, 0.15) is 0 Å². The van der Waals surface area contributed by atoms with Gasteiger partial charge in [-0.1, -0.05) is 48.0 Å². The quantitative estimate of drug-likeness (QED) is 0.714. The average molecular weight is 381 g/mol. The predicted octanol–water partition coefficient (Wildman–Crippen LogP) is 0.599. The van der Waals surface area contributed by atoms with Crippen LogP contribution >= 0.6 is 11.6 Å². The molecule has 0 aliphatic rings. The largest absolute Gasteiger partial charge is 1.00 e. The van der Waals surface area contributed by atoms with E-state index in [0.717, 1.165) is 11.1 Å². The van der Waals surface area contributed by atoms with E-state index in [1.807, 2.05) is 12.1 Å². The molecule has 1 atom stereocenters. The summed E-state index contributed by atoms with van der Waals surface area (Å²) in [6.45, 7) is -0.0741. The van der Waals surface area contributed by atoms with Crippen molar-refractivity contribution in [3.8, 4) is 11.1 Å². The Bertz CT molecular complexity index is 717. The van der Waals surface area contributed by atoms with Crippen molar-refractivity contribution in [2.75, 3.05) is 0 Å². The van der Waals surface area contributed by atoms with Crippen molar-refractivity contribution in [1.82, 2.24) is 0 Å². The number of benzene rings is 2. The van der Waals surface area contributed by atoms with Crippen LogP contribution in [-0.2, 0) is 16.1 Å². The third-order valence-corrected chi connectivity index (χ3v) is 3.84. The first-order valence-electron chi connectivity index (χ1n) is 6.90. The molecule has 0 radical (unpaired) electrons. The molecule has 2 aromatic carbocycles. The van der Waals surface area contributed by atoms with E-state index in [9.17, 15) is 23.1 Å². The molecule has 0 heterocycles. The number of aliphatic carboxylic acids is 1. The van der Waals surface area contributed by atoms with Crippen LogP contribution in [-0.4, -0.2) is 17.7 Å². The van der Waals surface area contributed by atoms with Gasteiger partial charge in [-0.05, 0) is 35.7 Å². The fraction of sp³-hybridized carbons (Fsp3) is 0.235. The van der Waals surface area contributed by atoms with Crippen LogP contribution in [0.2, 0.25) is 5.02 Å². The summed E-state index contributed by atoms with van der Waals surface area (Å²) < 4.78 is 43.1. The van der Waals surface area contributed by atoms with E-state index in [1.54, 1.807) is 36.4 Å². The molecule has 0 saturated carbocycles. The number of halogens is 4. The molecule has 128 valence electrons. The smallest absolute Gasteiger partial charge is 0.547 e. The molecule has 0 aromatic heterocycles. The number of rotatable bonds is 5. The molecule has 0 saturated heterocycles. The van der Waals surface area contributed by atoms with Gasteiger partial charge in [-0.3, -0.25) is 0 Å². The van der Waals surface area contributed by atoms with Gasteiger partial charge < -0.3 is 14.6 Å². The van der Waals surface area contributed by atoms with Crippen LogP contribution in [0, 0.1) is 0 Å². The van der Waals surface area contributed by atoms with Gasteiger partial charge in [0.05, 0.1) is 12.6 Å². The molecule has 8 heteroatoms. The number of hydrogen-bond donors (Lipinski definition) is 0. The van der Waals surface area contributed by atoms with E-state index in [0.29, 0.717) is 17.5 Å². The zero-order valence-electron chi connectivity index (χ0n) is 13.6. The number of carbonyl (C=O) groups excluding carboxylic acids is 1. The summed E-state index contributed by atoms with van der Waals surface area (Å²) >= 11 is 5.81. The van der Waals surface area contributed by atoms with Crippen molar-refractivity contribution in [3.63, 3.8) is 0 Å². The summed E-state index contributed by atoms with van der Waals surface area (Å²) in [4.78, 5) is 10.8. The SMILES string of the molecule is CC(OCc1ccc(-c2ccc(Cl)cc2)cc1)(C(=O)[O-])C(F)(F)F.[Na+]. The van der Waals surface area contributed by atoms with E-state index < -0.39 is 24.4 Å². The second-order valence-electron chi connectivity index (χ2n) is 5.31. The number of carbonyl (C=O) groups is 1. The predicted molar refractivity (Wildman–Crippen MR) is 81.1 cm³/mol. The van der Waals surface area contributed by atoms with Crippen molar-refractivity contribution in [3.05, 3.63) is 59.1 Å². The standard InChI is InChI=1S/C17H14ClF3O3.Na/c1-16(15(22)23,17(19,20)21)24-10-11-2-4-12(5-3-11)13-6-8-14(18)9-7-13;/h2-9H,10H2,1H3,(H,22,23);/q;+1/p-1. The summed E-state index contributed by atoms with van der Waals surface area (Å²) in [5, 5.41) is 11.4. The van der Waals surface area contributed by atoms with Crippen molar-refractivity contribution in [2.24, 2.45) is 0 Å². The fourth-order valence-electron chi connectivity index (χ4n) is 1.92. The maximum atomic E-state index is 12.8. The van der Waals surface area contributed by atoms with Crippen LogP contribution in [0.15, 0.2) is 48.5 Å². The molecule has 25 heavy (non-hydrogen) atoms. The Labute approximate surface area is 170 Å². The van der Waals surface area contributed by atoms with Crippen molar-refractivity contribution < 1.29 is 57.4 Å². The van der Waals surface area contributed by atoms with Crippen LogP contribution in [0.5, 0.6) is 0 Å². The zero-order valence-corrected chi connectivity index (χ0v) is 16.3. The molecule has 1 unspecified atom stereocenters. The second-order valence-corrected chi connectivity index (χ2v) is 5.75. The Morgan fingerprint density at radius 3 is 1.88 bits per heavy atom. The van der Waals surface area contributed by atoms with Gasteiger partial charge >= 0.3 is 35.7 Å². The van der Waals surface area contributed by atoms with Crippen molar-refractivity contribution in [2.45, 2.75) is 25.3 Å². The van der Waals surface area contributed by atoms with Gasteiger partial charge in [-0.2, -0.15) is 13.2 Å². The number of alkyl halides is 3. The minimum atomic E-state index is -5.07. The third-order valence-electron chi connectivity index (χ3n) is 3.59. The zero-order chi connectivity index (χ0) is 18.0. The average Bonchev–Trinajstić information content (AvgIpc) is 2.52. The Morgan fingerprint density at radius 2 is 1.48 bits per heavy atom. The first-order chi connectivity index (χ1) is 11.1. The maximum absolute atomic E-state index is 12.8. The van der Waals surface area contributed by atoms with Gasteiger partial charge in [0.15, 0.2) is 5.60 Å². The number of hydrogen-bond acceptors (Lipinski definition) is 3. The Hall–Kier alpha value is -1.05. The van der Waals surface area contributed by atoms with Crippen LogP contribution in [0.3, 0.4) is 0 Å². The second kappa shape index (κ2) is 8.56. The Morgan fingerprint density at radius 1 is 1.04 bits per heavy atom. The molecule has 0 N–H and O–H groups in total. The molecule has 0 aliphatic carbocycles. The summed E-state index contributed by atoms with van der Waals surface area (Å²) in [5.41, 5.74) is -1.22. The minimum absolute atomic E-state index is 0. The van der Waals surface area contributed by atoms with E-state index in [1.165, 1.54) is 0 Å². The Kier molecular flexibility index (Phi) is 7.53. The van der Waals surface area contributed by atoms with E-state index in [4.69, 9.17) is 11.6 Å². The first-order valence-corrected chi connectivity index (χ1v) is 7.28. The van der Waals surface area contributed by atoms with E-state index in [2.05, 4.69) is 4.74 Å². The first kappa shape index (κ1) is 22.0. The van der Waals surface area contributed by atoms with Crippen molar-refractivity contribution >= 4 is 17.6 Å². The number of carboxylic acid groups (broad SMARTS) is 1. The molecule has 2 rings (SSSR count). The molecule has 3 nitrogen and oxygen atoms in total. The molecule has 2 aromatic rings. The topological polar surface area (TPSA) is 49.4 Å². The van der Waals surface area contributed by atoms with Crippen LogP contribution in [0.25, 0.3) is 11.1 Å². The molecule has 0 aliphatic heterocycles. The van der Waals surface area contributed by atoms with Gasteiger partial charge in [0, 0.05) is 5.02 Å². The minimum Gasteiger partial charge on any atom is -0.547 e. The molecule has 0 bridgehead atoms. The Balaban J connectivity index is 0.00000312. The maximum Gasteiger partial charge on any atom is 1.00 e. The van der Waals surface area contributed by atoms with Crippen molar-refractivity contribution in [1.29, 1.82) is 0 Å².